The van der Waals surface area contributed by atoms with Gasteiger partial charge in [-0.15, -0.1) is 0 Å². The maximum absolute atomic E-state index is 12.1. The molecule has 0 spiro atoms. The normalized spacial score (nSPS) is 17.7. The van der Waals surface area contributed by atoms with Crippen LogP contribution in [0, 0.1) is 6.92 Å². The van der Waals surface area contributed by atoms with Crippen molar-refractivity contribution in [1.29, 1.82) is 0 Å². The summed E-state index contributed by atoms with van der Waals surface area (Å²) in [7, 11) is -2.53. The molecule has 1 aromatic rings. The number of hydrogen-bond acceptors (Lipinski definition) is 5. The van der Waals surface area contributed by atoms with Crippen molar-refractivity contribution in [1.82, 2.24) is 19.0 Å². The quantitative estimate of drug-likeness (QED) is 0.744. The first kappa shape index (κ1) is 14.0. The zero-order valence-corrected chi connectivity index (χ0v) is 11.6. The fraction of sp³-hybridized carbons (Fsp3) is 0.600. The highest BCUT2D eigenvalue weighted by Gasteiger charge is 2.29. The minimum absolute atomic E-state index is 0.224. The molecule has 2 rings (SSSR count). The molecule has 0 radical (unpaired) electrons. The Labute approximate surface area is 111 Å². The van der Waals surface area contributed by atoms with Gasteiger partial charge in [-0.25, -0.2) is 4.79 Å². The van der Waals surface area contributed by atoms with Crippen molar-refractivity contribution < 1.29 is 17.4 Å². The second-order valence-electron chi connectivity index (χ2n) is 4.26. The Hall–Kier alpha value is -1.45. The monoisotopic (exact) mass is 288 g/mol. The molecule has 0 aliphatic carbocycles. The van der Waals surface area contributed by atoms with Crippen molar-refractivity contribution in [2.24, 2.45) is 0 Å². The topological polar surface area (TPSA) is 84.7 Å². The van der Waals surface area contributed by atoms with E-state index in [2.05, 4.69) is 9.28 Å². The van der Waals surface area contributed by atoms with Crippen LogP contribution in [0.5, 0.6) is 0 Å². The first-order valence-electron chi connectivity index (χ1n) is 5.80. The van der Waals surface area contributed by atoms with E-state index in [1.54, 1.807) is 17.3 Å². The van der Waals surface area contributed by atoms with Crippen LogP contribution in [0.15, 0.2) is 12.4 Å². The molecular weight excluding hydrogens is 272 g/mol. The molecule has 0 unspecified atom stereocenters. The van der Waals surface area contributed by atoms with Crippen molar-refractivity contribution in [3.63, 3.8) is 0 Å². The van der Waals surface area contributed by atoms with E-state index in [1.807, 2.05) is 6.92 Å². The summed E-state index contributed by atoms with van der Waals surface area (Å²) in [4.78, 5) is 13.6. The summed E-state index contributed by atoms with van der Waals surface area (Å²) in [6.45, 7) is 2.94. The molecule has 1 fully saturated rings. The summed E-state index contributed by atoms with van der Waals surface area (Å²) in [6, 6.07) is -0.248. The van der Waals surface area contributed by atoms with Gasteiger partial charge in [0, 0.05) is 32.4 Å². The van der Waals surface area contributed by atoms with Crippen LogP contribution in [0.25, 0.3) is 0 Å². The summed E-state index contributed by atoms with van der Waals surface area (Å²) < 4.78 is 29.9. The lowest BCUT2D eigenvalue weighted by atomic mass is 10.4. The third-order valence-corrected chi connectivity index (χ3v) is 4.36. The summed E-state index contributed by atoms with van der Waals surface area (Å²) in [5, 5.41) is 3.94. The predicted octanol–water partition coefficient (Wildman–Crippen LogP) is -0.332. The standard InChI is InChI=1S/C10H16N4O4S/c1-9-7-11-14(8-9)10(15)12-3-5-13(6-4-12)19(16,17)18-2/h7-8H,3-6H2,1-2H3. The molecule has 1 aliphatic rings. The largest absolute Gasteiger partial charge is 0.344 e. The maximum atomic E-state index is 12.1. The Bertz CT molecular complexity index is 560. The summed E-state index contributed by atoms with van der Waals surface area (Å²) in [5.74, 6) is 0. The Morgan fingerprint density at radius 2 is 1.95 bits per heavy atom. The second kappa shape index (κ2) is 5.27. The lowest BCUT2D eigenvalue weighted by Gasteiger charge is -2.32. The molecule has 2 heterocycles. The Balaban J connectivity index is 1.99. The number of rotatable bonds is 2. The van der Waals surface area contributed by atoms with Crippen LogP contribution < -0.4 is 0 Å². The van der Waals surface area contributed by atoms with Crippen molar-refractivity contribution >= 4 is 16.3 Å². The van der Waals surface area contributed by atoms with Crippen molar-refractivity contribution in [2.75, 3.05) is 33.3 Å². The number of hydrogen-bond donors (Lipinski definition) is 0. The van der Waals surface area contributed by atoms with Crippen molar-refractivity contribution in [2.45, 2.75) is 6.92 Å². The van der Waals surface area contributed by atoms with Gasteiger partial charge in [0.05, 0.1) is 13.3 Å². The van der Waals surface area contributed by atoms with Gasteiger partial charge < -0.3 is 4.90 Å². The molecular formula is C10H16N4O4S. The highest BCUT2D eigenvalue weighted by atomic mass is 32.2. The van der Waals surface area contributed by atoms with E-state index >= 15 is 0 Å². The molecule has 1 aromatic heterocycles. The highest BCUT2D eigenvalue weighted by Crippen LogP contribution is 2.09. The van der Waals surface area contributed by atoms with Crippen LogP contribution in [0.1, 0.15) is 5.56 Å². The van der Waals surface area contributed by atoms with Gasteiger partial charge in [0.25, 0.3) is 0 Å². The van der Waals surface area contributed by atoms with E-state index in [9.17, 15) is 13.2 Å². The minimum atomic E-state index is -3.66. The maximum Gasteiger partial charge on any atom is 0.344 e. The summed E-state index contributed by atoms with van der Waals surface area (Å²) >= 11 is 0. The molecule has 1 saturated heterocycles. The van der Waals surface area contributed by atoms with Crippen LogP contribution >= 0.6 is 0 Å². The van der Waals surface area contributed by atoms with E-state index in [1.165, 1.54) is 8.99 Å². The van der Waals surface area contributed by atoms with Crippen LogP contribution in [-0.2, 0) is 14.5 Å². The fourth-order valence-corrected chi connectivity index (χ4v) is 2.69. The number of carbonyl (C=O) groups is 1. The average Bonchev–Trinajstić information content (AvgIpc) is 2.85. The van der Waals surface area contributed by atoms with E-state index in [4.69, 9.17) is 0 Å². The SMILES string of the molecule is COS(=O)(=O)N1CCN(C(=O)n2cc(C)cn2)CC1. The Kier molecular flexibility index (Phi) is 3.88. The van der Waals surface area contributed by atoms with E-state index in [0.29, 0.717) is 13.1 Å². The van der Waals surface area contributed by atoms with Gasteiger partial charge in [-0.1, -0.05) is 0 Å². The molecule has 0 aromatic carbocycles. The third kappa shape index (κ3) is 2.94. The smallest absolute Gasteiger partial charge is 0.320 e. The van der Waals surface area contributed by atoms with Gasteiger partial charge >= 0.3 is 16.3 Å². The number of piperazine rings is 1. The lowest BCUT2D eigenvalue weighted by molar-refractivity contribution is 0.165. The van der Waals surface area contributed by atoms with Gasteiger partial charge in [-0.2, -0.15) is 22.5 Å². The fourth-order valence-electron chi connectivity index (χ4n) is 1.87. The minimum Gasteiger partial charge on any atom is -0.320 e. The first-order chi connectivity index (χ1) is 8.94. The van der Waals surface area contributed by atoms with Gasteiger partial charge in [0.2, 0.25) is 0 Å². The summed E-state index contributed by atoms with van der Waals surface area (Å²) in [6.07, 6.45) is 3.24. The van der Waals surface area contributed by atoms with E-state index < -0.39 is 10.3 Å². The zero-order chi connectivity index (χ0) is 14.0. The number of amides is 1. The van der Waals surface area contributed by atoms with Gasteiger partial charge in [-0.3, -0.25) is 4.18 Å². The predicted molar refractivity (Wildman–Crippen MR) is 66.8 cm³/mol. The molecule has 0 N–H and O–H groups in total. The summed E-state index contributed by atoms with van der Waals surface area (Å²) in [5.41, 5.74) is 0.897. The van der Waals surface area contributed by atoms with Crippen molar-refractivity contribution in [3.05, 3.63) is 18.0 Å². The number of aromatic nitrogens is 2. The molecule has 0 atom stereocenters. The highest BCUT2D eigenvalue weighted by molar-refractivity contribution is 7.84. The molecule has 106 valence electrons. The van der Waals surface area contributed by atoms with Crippen LogP contribution in [-0.4, -0.2) is 66.7 Å². The number of nitrogens with zero attached hydrogens (tertiary/aromatic N) is 4. The average molecular weight is 288 g/mol. The molecule has 1 amide bonds. The molecule has 1 aliphatic heterocycles. The number of aryl methyl sites for hydroxylation is 1. The molecule has 9 heteroatoms. The van der Waals surface area contributed by atoms with Gasteiger partial charge in [-0.05, 0) is 12.5 Å². The molecule has 0 saturated carbocycles. The Morgan fingerprint density at radius 3 is 2.42 bits per heavy atom. The Morgan fingerprint density at radius 1 is 1.32 bits per heavy atom. The number of carbonyl (C=O) groups excluding carboxylic acids is 1. The second-order valence-corrected chi connectivity index (χ2v) is 5.96. The molecule has 19 heavy (non-hydrogen) atoms. The third-order valence-electron chi connectivity index (χ3n) is 2.94. The first-order valence-corrected chi connectivity index (χ1v) is 7.17. The van der Waals surface area contributed by atoms with Gasteiger partial charge in [0.1, 0.15) is 0 Å². The van der Waals surface area contributed by atoms with Crippen molar-refractivity contribution in [3.8, 4) is 0 Å². The van der Waals surface area contributed by atoms with Crippen LogP contribution in [0.3, 0.4) is 0 Å². The van der Waals surface area contributed by atoms with Crippen LogP contribution in [0.4, 0.5) is 4.79 Å². The van der Waals surface area contributed by atoms with E-state index in [-0.39, 0.29) is 19.1 Å². The zero-order valence-electron chi connectivity index (χ0n) is 10.8. The molecule has 0 bridgehead atoms. The van der Waals surface area contributed by atoms with Gasteiger partial charge in [0.15, 0.2) is 0 Å². The lowest BCUT2D eigenvalue weighted by Crippen LogP contribution is -2.51. The van der Waals surface area contributed by atoms with Crippen LogP contribution in [0.2, 0.25) is 0 Å². The molecule has 8 nitrogen and oxygen atoms in total. The van der Waals surface area contributed by atoms with E-state index in [0.717, 1.165) is 12.7 Å².